The van der Waals surface area contributed by atoms with Crippen molar-refractivity contribution < 1.29 is 40.1 Å². The molecule has 2 heterocycles. The molecule has 188 valence electrons. The lowest BCUT2D eigenvalue weighted by Crippen LogP contribution is -2.31. The van der Waals surface area contributed by atoms with E-state index in [-0.39, 0.29) is 30.2 Å². The fraction of sp³-hybridized carbons (Fsp3) is 0.227. The molecule has 0 N–H and O–H groups in total. The molecule has 4 rings (SSSR count). The Morgan fingerprint density at radius 2 is 1.64 bits per heavy atom. The van der Waals surface area contributed by atoms with Gasteiger partial charge in [0.15, 0.2) is 5.82 Å². The number of aromatic nitrogens is 4. The number of hydrogen-bond donors (Lipinski definition) is 0. The smallest absolute Gasteiger partial charge is 0.315 e. The predicted molar refractivity (Wildman–Crippen MR) is 110 cm³/mol. The van der Waals surface area contributed by atoms with E-state index in [1.54, 1.807) is 24.3 Å². The Hall–Kier alpha value is -4.23. The van der Waals surface area contributed by atoms with Gasteiger partial charge in [-0.15, -0.1) is 10.2 Å². The minimum absolute atomic E-state index is 0.0383. The highest BCUT2D eigenvalue weighted by Gasteiger charge is 2.22. The number of amides is 1. The number of halogens is 6. The quantitative estimate of drug-likeness (QED) is 0.313. The fourth-order valence-electron chi connectivity index (χ4n) is 3.21. The van der Waals surface area contributed by atoms with Gasteiger partial charge in [-0.1, -0.05) is 17.3 Å². The summed E-state index contributed by atoms with van der Waals surface area (Å²) < 4.78 is 89.2. The highest BCUT2D eigenvalue weighted by Crippen LogP contribution is 2.27. The van der Waals surface area contributed by atoms with Gasteiger partial charge in [-0.25, -0.2) is 8.78 Å². The molecular formula is C22H15F6N5O3. The first-order chi connectivity index (χ1) is 17.1. The molecule has 2 aromatic carbocycles. The Morgan fingerprint density at radius 1 is 0.972 bits per heavy atom. The number of carbonyl (C=O) groups excluding carboxylic acids is 1. The van der Waals surface area contributed by atoms with Crippen LogP contribution < -0.4 is 0 Å². The third-order valence-corrected chi connectivity index (χ3v) is 5.00. The van der Waals surface area contributed by atoms with Gasteiger partial charge in [-0.2, -0.15) is 22.5 Å². The summed E-state index contributed by atoms with van der Waals surface area (Å²) in [6.07, 6.45) is -6.51. The number of hydrogen-bond acceptors (Lipinski definition) is 7. The van der Waals surface area contributed by atoms with Crippen LogP contribution in [0.15, 0.2) is 45.3 Å². The molecule has 0 atom stereocenters. The molecule has 14 heteroatoms. The molecule has 0 radical (unpaired) electrons. The van der Waals surface area contributed by atoms with Crippen molar-refractivity contribution in [2.24, 2.45) is 0 Å². The van der Waals surface area contributed by atoms with Crippen LogP contribution in [-0.4, -0.2) is 44.6 Å². The van der Waals surface area contributed by atoms with E-state index in [9.17, 15) is 31.1 Å². The Morgan fingerprint density at radius 3 is 2.22 bits per heavy atom. The minimum atomic E-state index is -3.10. The van der Waals surface area contributed by atoms with Crippen molar-refractivity contribution in [1.29, 1.82) is 0 Å². The van der Waals surface area contributed by atoms with Crippen molar-refractivity contribution in [3.05, 3.63) is 70.9 Å². The van der Waals surface area contributed by atoms with E-state index in [4.69, 9.17) is 8.94 Å². The summed E-state index contributed by atoms with van der Waals surface area (Å²) in [5.74, 6) is -4.78. The van der Waals surface area contributed by atoms with Crippen LogP contribution in [0, 0.1) is 11.6 Å². The molecule has 0 aliphatic rings. The number of carbonyl (C=O) groups is 1. The maximum Gasteiger partial charge on any atom is 0.315 e. The fourth-order valence-corrected chi connectivity index (χ4v) is 3.21. The Balaban J connectivity index is 1.47. The van der Waals surface area contributed by atoms with Gasteiger partial charge in [-0.3, -0.25) is 4.79 Å². The van der Waals surface area contributed by atoms with Gasteiger partial charge >= 0.3 is 12.9 Å². The summed E-state index contributed by atoms with van der Waals surface area (Å²) in [6.45, 7) is -0.0415. The number of alkyl halides is 4. The van der Waals surface area contributed by atoms with Crippen molar-refractivity contribution in [2.45, 2.75) is 25.8 Å². The summed E-state index contributed by atoms with van der Waals surface area (Å²) in [6, 6.07) is 7.98. The zero-order chi connectivity index (χ0) is 26.0. The second-order valence-electron chi connectivity index (χ2n) is 7.55. The summed E-state index contributed by atoms with van der Waals surface area (Å²) in [4.78, 5) is 16.3. The van der Waals surface area contributed by atoms with Crippen molar-refractivity contribution in [3.63, 3.8) is 0 Å². The van der Waals surface area contributed by atoms with Crippen LogP contribution in [0.2, 0.25) is 0 Å². The molecule has 0 bridgehead atoms. The molecule has 0 aliphatic heterocycles. The van der Waals surface area contributed by atoms with E-state index in [0.29, 0.717) is 11.1 Å². The standard InChI is InChI=1S/C22H15F6N5O3/c1-33(22(34)18(27)28)9-10-2-4-11(5-3-10)19-29-16(32-36-19)8-13-14(23)6-12(7-15(13)24)20-30-31-21(35-20)17(25)26/h2-7,17-18H,8-9H2,1H3. The van der Waals surface area contributed by atoms with Gasteiger partial charge < -0.3 is 13.8 Å². The van der Waals surface area contributed by atoms with E-state index < -0.39 is 47.7 Å². The molecule has 36 heavy (non-hydrogen) atoms. The lowest BCUT2D eigenvalue weighted by atomic mass is 10.1. The highest BCUT2D eigenvalue weighted by atomic mass is 19.3. The summed E-state index contributed by atoms with van der Waals surface area (Å²) in [5.41, 5.74) is 0.397. The Bertz CT molecular complexity index is 1350. The lowest BCUT2D eigenvalue weighted by molar-refractivity contribution is -0.141. The van der Waals surface area contributed by atoms with E-state index in [1.807, 2.05) is 0 Å². The Kier molecular flexibility index (Phi) is 7.03. The van der Waals surface area contributed by atoms with Gasteiger partial charge in [0.1, 0.15) is 11.6 Å². The third kappa shape index (κ3) is 5.37. The molecule has 0 fully saturated rings. The van der Waals surface area contributed by atoms with Crippen LogP contribution in [-0.2, 0) is 17.8 Å². The van der Waals surface area contributed by atoms with E-state index in [2.05, 4.69) is 20.3 Å². The molecule has 0 saturated heterocycles. The SMILES string of the molecule is CN(Cc1ccc(-c2nc(Cc3c(F)cc(-c4nnc(C(F)F)o4)cc3F)no2)cc1)C(=O)C(F)F. The van der Waals surface area contributed by atoms with Crippen molar-refractivity contribution >= 4 is 5.91 Å². The normalized spacial score (nSPS) is 11.5. The van der Waals surface area contributed by atoms with Gasteiger partial charge in [-0.05, 0) is 29.8 Å². The number of benzene rings is 2. The van der Waals surface area contributed by atoms with Crippen LogP contribution in [0.25, 0.3) is 22.9 Å². The largest absolute Gasteiger partial charge is 0.415 e. The Labute approximate surface area is 198 Å². The molecule has 0 spiro atoms. The summed E-state index contributed by atoms with van der Waals surface area (Å²) >= 11 is 0. The van der Waals surface area contributed by atoms with E-state index in [1.165, 1.54) is 7.05 Å². The van der Waals surface area contributed by atoms with Crippen LogP contribution in [0.3, 0.4) is 0 Å². The molecule has 0 aliphatic carbocycles. The average Bonchev–Trinajstić information content (AvgIpc) is 3.51. The van der Waals surface area contributed by atoms with Crippen LogP contribution in [0.4, 0.5) is 26.3 Å². The zero-order valence-corrected chi connectivity index (χ0v) is 18.3. The second kappa shape index (κ2) is 10.2. The lowest BCUT2D eigenvalue weighted by Gasteiger charge is -2.16. The van der Waals surface area contributed by atoms with Crippen molar-refractivity contribution in [2.75, 3.05) is 7.05 Å². The minimum Gasteiger partial charge on any atom is -0.415 e. The molecule has 0 unspecified atom stereocenters. The topological polar surface area (TPSA) is 98.2 Å². The number of nitrogens with zero attached hydrogens (tertiary/aromatic N) is 5. The first-order valence-corrected chi connectivity index (χ1v) is 10.2. The molecule has 4 aromatic rings. The monoisotopic (exact) mass is 511 g/mol. The average molecular weight is 511 g/mol. The van der Waals surface area contributed by atoms with Crippen LogP contribution in [0.5, 0.6) is 0 Å². The van der Waals surface area contributed by atoms with Gasteiger partial charge in [0.25, 0.3) is 17.7 Å². The van der Waals surface area contributed by atoms with Crippen molar-refractivity contribution in [3.8, 4) is 22.9 Å². The predicted octanol–water partition coefficient (Wildman–Crippen LogP) is 4.82. The van der Waals surface area contributed by atoms with Crippen molar-refractivity contribution in [1.82, 2.24) is 25.2 Å². The zero-order valence-electron chi connectivity index (χ0n) is 18.3. The highest BCUT2D eigenvalue weighted by molar-refractivity contribution is 5.79. The van der Waals surface area contributed by atoms with E-state index in [0.717, 1.165) is 17.0 Å². The third-order valence-electron chi connectivity index (χ3n) is 5.00. The van der Waals surface area contributed by atoms with E-state index >= 15 is 0 Å². The maximum atomic E-state index is 14.6. The molecule has 1 amide bonds. The van der Waals surface area contributed by atoms with Gasteiger partial charge in [0.2, 0.25) is 5.89 Å². The summed E-state index contributed by atoms with van der Waals surface area (Å²) in [5, 5.41) is 10.2. The molecule has 2 aromatic heterocycles. The van der Waals surface area contributed by atoms with Crippen LogP contribution >= 0.6 is 0 Å². The van der Waals surface area contributed by atoms with Gasteiger partial charge in [0, 0.05) is 36.7 Å². The molecule has 0 saturated carbocycles. The second-order valence-corrected chi connectivity index (χ2v) is 7.55. The first-order valence-electron chi connectivity index (χ1n) is 10.2. The summed E-state index contributed by atoms with van der Waals surface area (Å²) in [7, 11) is 1.25. The maximum absolute atomic E-state index is 14.6. The first kappa shape index (κ1) is 24.9. The molecular weight excluding hydrogens is 496 g/mol. The van der Waals surface area contributed by atoms with Gasteiger partial charge in [0.05, 0.1) is 0 Å². The van der Waals surface area contributed by atoms with Crippen LogP contribution in [0.1, 0.15) is 29.3 Å². The molecule has 8 nitrogen and oxygen atoms in total. The number of rotatable bonds is 8.